The van der Waals surface area contributed by atoms with Crippen molar-refractivity contribution in [3.8, 4) is 0 Å². The smallest absolute Gasteiger partial charge is 0.479 e. The molecule has 29 heavy (non-hydrogen) atoms. The zero-order chi connectivity index (χ0) is 22.4. The largest absolute Gasteiger partial charge is 0.509 e. The molecule has 0 aliphatic rings. The fraction of sp³-hybridized carbons (Fsp3) is 0.438. The summed E-state index contributed by atoms with van der Waals surface area (Å²) in [5.41, 5.74) is 0.0981. The Labute approximate surface area is 176 Å². The van der Waals surface area contributed by atoms with Gasteiger partial charge in [0.2, 0.25) is 0 Å². The fourth-order valence-corrected chi connectivity index (χ4v) is 2.81. The van der Waals surface area contributed by atoms with E-state index in [1.807, 2.05) is 0 Å². The van der Waals surface area contributed by atoms with E-state index in [4.69, 9.17) is 33.0 Å². The van der Waals surface area contributed by atoms with Crippen molar-refractivity contribution in [1.29, 1.82) is 0 Å². The summed E-state index contributed by atoms with van der Waals surface area (Å²) in [6.45, 7) is -0.161. The third-order valence-corrected chi connectivity index (χ3v) is 5.06. The minimum absolute atomic E-state index is 0.0514. The maximum Gasteiger partial charge on any atom is 0.509 e. The predicted molar refractivity (Wildman–Crippen MR) is 100 cm³/mol. The number of hydrogen-bond acceptors (Lipinski definition) is 7. The number of carboxylic acid groups (broad SMARTS) is 1. The quantitative estimate of drug-likeness (QED) is 0.410. The molecule has 2 N–H and O–H groups in total. The van der Waals surface area contributed by atoms with Crippen LogP contribution in [0.3, 0.4) is 0 Å². The van der Waals surface area contributed by atoms with Gasteiger partial charge in [-0.25, -0.2) is 22.4 Å². The van der Waals surface area contributed by atoms with Crippen molar-refractivity contribution in [1.82, 2.24) is 5.32 Å². The maximum atomic E-state index is 13.6. The molecule has 0 radical (unpaired) electrons. The van der Waals surface area contributed by atoms with Crippen LogP contribution < -0.4 is 5.32 Å². The van der Waals surface area contributed by atoms with E-state index in [0.717, 1.165) is 13.2 Å². The van der Waals surface area contributed by atoms with Gasteiger partial charge in [-0.3, -0.25) is 4.79 Å². The molecule has 0 aliphatic carbocycles. The molecule has 1 aromatic rings. The van der Waals surface area contributed by atoms with Crippen molar-refractivity contribution in [3.63, 3.8) is 0 Å². The number of carbonyl (C=O) groups is 3. The first-order chi connectivity index (χ1) is 13.4. The number of benzene rings is 1. The van der Waals surface area contributed by atoms with E-state index in [2.05, 4.69) is 10.1 Å². The molecule has 0 saturated carbocycles. The van der Waals surface area contributed by atoms with Crippen LogP contribution in [0.1, 0.15) is 18.6 Å². The second-order valence-electron chi connectivity index (χ2n) is 5.80. The summed E-state index contributed by atoms with van der Waals surface area (Å²) in [6, 6.07) is 3.38. The molecule has 0 fully saturated rings. The molecule has 0 unspecified atom stereocenters. The van der Waals surface area contributed by atoms with Crippen LogP contribution in [-0.2, 0) is 28.9 Å². The number of rotatable bonds is 9. The maximum absolute atomic E-state index is 13.6. The summed E-state index contributed by atoms with van der Waals surface area (Å²) in [5.74, 6) is -2.41. The summed E-state index contributed by atoms with van der Waals surface area (Å²) in [7, 11) is -3.53. The number of halogens is 3. The van der Waals surface area contributed by atoms with E-state index in [9.17, 15) is 27.2 Å². The van der Waals surface area contributed by atoms with Crippen LogP contribution in [0.5, 0.6) is 0 Å². The molecule has 0 aliphatic heterocycles. The molecule has 0 saturated heterocycles. The number of amides is 1. The summed E-state index contributed by atoms with van der Waals surface area (Å²) < 4.78 is 46.3. The summed E-state index contributed by atoms with van der Waals surface area (Å²) in [5, 5.41) is 10.9. The second kappa shape index (κ2) is 10.6. The number of carbonyl (C=O) groups excluding carboxylic acids is 2. The van der Waals surface area contributed by atoms with Gasteiger partial charge < -0.3 is 19.9 Å². The third kappa shape index (κ3) is 7.67. The number of hydrogen-bond donors (Lipinski definition) is 2. The number of carboxylic acids is 1. The van der Waals surface area contributed by atoms with Gasteiger partial charge in [0.05, 0.1) is 10.9 Å². The predicted octanol–water partition coefficient (Wildman–Crippen LogP) is 2.02. The van der Waals surface area contributed by atoms with Crippen molar-refractivity contribution >= 4 is 51.1 Å². The molecule has 1 aromatic carbocycles. The Morgan fingerprint density at radius 2 is 1.72 bits per heavy atom. The zero-order valence-electron chi connectivity index (χ0n) is 15.2. The Bertz CT molecular complexity index is 847. The monoisotopic (exact) mass is 473 g/mol. The average molecular weight is 474 g/mol. The topological polar surface area (TPSA) is 136 Å². The van der Waals surface area contributed by atoms with E-state index in [0.29, 0.717) is 0 Å². The van der Waals surface area contributed by atoms with E-state index in [1.54, 1.807) is 0 Å². The van der Waals surface area contributed by atoms with Gasteiger partial charge >= 0.3 is 12.1 Å². The molecular formula is C16H18Cl2FNO8S. The molecule has 0 aromatic heterocycles. The Kier molecular flexibility index (Phi) is 9.12. The first-order valence-electron chi connectivity index (χ1n) is 7.91. The van der Waals surface area contributed by atoms with Crippen LogP contribution in [0.25, 0.3) is 0 Å². The lowest BCUT2D eigenvalue weighted by atomic mass is 10.0. The van der Waals surface area contributed by atoms with Crippen molar-refractivity contribution in [3.05, 3.63) is 29.8 Å². The average Bonchev–Trinajstić information content (AvgIpc) is 2.63. The van der Waals surface area contributed by atoms with Crippen LogP contribution in [-0.4, -0.2) is 61.5 Å². The van der Waals surface area contributed by atoms with Crippen LogP contribution in [0.15, 0.2) is 29.2 Å². The summed E-state index contributed by atoms with van der Waals surface area (Å²) in [6.07, 6.45) is -3.52. The van der Waals surface area contributed by atoms with Crippen molar-refractivity contribution in [2.75, 3.05) is 12.9 Å². The highest BCUT2D eigenvalue weighted by molar-refractivity contribution is 7.90. The van der Waals surface area contributed by atoms with Gasteiger partial charge in [-0.2, -0.15) is 0 Å². The van der Waals surface area contributed by atoms with Gasteiger partial charge in [-0.15, -0.1) is 0 Å². The van der Waals surface area contributed by atoms with Gasteiger partial charge in [0.25, 0.3) is 5.91 Å². The normalized spacial score (nSPS) is 14.6. The Balaban J connectivity index is 3.20. The molecule has 0 heterocycles. The molecule has 162 valence electrons. The van der Waals surface area contributed by atoms with Crippen LogP contribution in [0, 0.1) is 0 Å². The second-order valence-corrected chi connectivity index (χ2v) is 8.91. The number of sulfone groups is 1. The fourth-order valence-electron chi connectivity index (χ4n) is 2.05. The Morgan fingerprint density at radius 3 is 2.14 bits per heavy atom. The number of nitrogens with one attached hydrogen (secondary N) is 1. The Hall–Kier alpha value is -2.11. The van der Waals surface area contributed by atoms with Crippen molar-refractivity contribution in [2.24, 2.45) is 0 Å². The lowest BCUT2D eigenvalue weighted by molar-refractivity contribution is -0.147. The lowest BCUT2D eigenvalue weighted by Crippen LogP contribution is -2.44. The highest BCUT2D eigenvalue weighted by Gasteiger charge is 2.32. The number of aliphatic carboxylic acids is 1. The number of alkyl halides is 3. The SMILES string of the molecule is C[C@H](OC(=O)O[C@H](c1ccc(S(C)(=O)=O)cc1)[C@@H](CF)NC(=O)C(Cl)Cl)C(=O)O. The molecule has 3 atom stereocenters. The number of ether oxygens (including phenoxy) is 2. The summed E-state index contributed by atoms with van der Waals surface area (Å²) >= 11 is 10.9. The molecule has 9 nitrogen and oxygen atoms in total. The Morgan fingerprint density at radius 1 is 1.17 bits per heavy atom. The molecule has 0 spiro atoms. The minimum atomic E-state index is -3.53. The van der Waals surface area contributed by atoms with Crippen LogP contribution >= 0.6 is 23.2 Å². The first-order valence-corrected chi connectivity index (χ1v) is 10.7. The standard InChI is InChI=1S/C16H18Cl2FNO8S/c1-8(15(22)23)27-16(24)28-12(11(7-19)20-14(21)13(17)18)9-3-5-10(6-4-9)29(2,25)26/h3-6,8,11-13H,7H2,1-2H3,(H,20,21)(H,22,23)/t8-,11+,12+/m0/s1. The third-order valence-electron chi connectivity index (χ3n) is 3.54. The molecular weight excluding hydrogens is 456 g/mol. The highest BCUT2D eigenvalue weighted by Crippen LogP contribution is 2.25. The molecule has 13 heteroatoms. The lowest BCUT2D eigenvalue weighted by Gasteiger charge is -2.26. The first kappa shape index (κ1) is 24.9. The van der Waals surface area contributed by atoms with Gasteiger partial charge in [0.1, 0.15) is 6.67 Å². The highest BCUT2D eigenvalue weighted by atomic mass is 35.5. The van der Waals surface area contributed by atoms with Gasteiger partial charge in [-0.1, -0.05) is 35.3 Å². The van der Waals surface area contributed by atoms with E-state index in [-0.39, 0.29) is 10.5 Å². The van der Waals surface area contributed by atoms with E-state index < -0.39 is 57.6 Å². The molecule has 1 amide bonds. The van der Waals surface area contributed by atoms with Crippen LogP contribution in [0.2, 0.25) is 0 Å². The molecule has 1 rings (SSSR count). The summed E-state index contributed by atoms with van der Waals surface area (Å²) in [4.78, 5) is 32.8. The zero-order valence-corrected chi connectivity index (χ0v) is 17.5. The van der Waals surface area contributed by atoms with Crippen molar-refractivity contribution < 1.29 is 41.8 Å². The van der Waals surface area contributed by atoms with Crippen LogP contribution in [0.4, 0.5) is 9.18 Å². The van der Waals surface area contributed by atoms with E-state index in [1.165, 1.54) is 24.3 Å². The van der Waals surface area contributed by atoms with Gasteiger partial charge in [0, 0.05) is 6.26 Å². The van der Waals surface area contributed by atoms with E-state index >= 15 is 0 Å². The molecule has 0 bridgehead atoms. The van der Waals surface area contributed by atoms with Gasteiger partial charge in [-0.05, 0) is 24.6 Å². The minimum Gasteiger partial charge on any atom is -0.479 e. The van der Waals surface area contributed by atoms with Gasteiger partial charge in [0.15, 0.2) is 26.9 Å². The van der Waals surface area contributed by atoms with Crippen molar-refractivity contribution in [2.45, 2.75) is 34.9 Å².